The van der Waals surface area contributed by atoms with Gasteiger partial charge in [0.25, 0.3) is 0 Å². The van der Waals surface area contributed by atoms with E-state index in [0.717, 1.165) is 41.2 Å². The van der Waals surface area contributed by atoms with Gasteiger partial charge in [-0.25, -0.2) is 0 Å². The number of hydrogen-bond donors (Lipinski definition) is 1. The van der Waals surface area contributed by atoms with E-state index in [4.69, 9.17) is 17.3 Å². The zero-order valence-electron chi connectivity index (χ0n) is 11.5. The quantitative estimate of drug-likeness (QED) is 0.901. The van der Waals surface area contributed by atoms with Crippen molar-refractivity contribution in [3.8, 4) is 0 Å². The van der Waals surface area contributed by atoms with Gasteiger partial charge in [0, 0.05) is 19.1 Å². The third-order valence-electron chi connectivity index (χ3n) is 4.01. The van der Waals surface area contributed by atoms with Crippen molar-refractivity contribution in [2.24, 2.45) is 17.6 Å². The summed E-state index contributed by atoms with van der Waals surface area (Å²) in [5.41, 5.74) is 8.13. The highest BCUT2D eigenvalue weighted by atomic mass is 35.5. The van der Waals surface area contributed by atoms with Gasteiger partial charge in [0.05, 0.1) is 10.7 Å². The predicted molar refractivity (Wildman–Crippen MR) is 79.2 cm³/mol. The van der Waals surface area contributed by atoms with Gasteiger partial charge >= 0.3 is 0 Å². The Hall–Kier alpha value is -0.730. The van der Waals surface area contributed by atoms with Crippen LogP contribution in [-0.2, 0) is 0 Å². The van der Waals surface area contributed by atoms with Crippen LogP contribution in [0.5, 0.6) is 0 Å². The van der Waals surface area contributed by atoms with Crippen LogP contribution in [0, 0.1) is 11.8 Å². The Kier molecular flexibility index (Phi) is 4.18. The maximum absolute atomic E-state index is 6.38. The number of nitrogens with two attached hydrogens (primary N) is 1. The molecule has 18 heavy (non-hydrogen) atoms. The molecule has 3 heteroatoms. The van der Waals surface area contributed by atoms with Crippen LogP contribution < -0.4 is 10.6 Å². The molecule has 2 N–H and O–H groups in total. The van der Waals surface area contributed by atoms with E-state index >= 15 is 0 Å². The van der Waals surface area contributed by atoms with Crippen molar-refractivity contribution >= 4 is 17.3 Å². The fourth-order valence-electron chi connectivity index (χ4n) is 2.61. The first kappa shape index (κ1) is 13.7. The van der Waals surface area contributed by atoms with Crippen LogP contribution in [0.1, 0.15) is 38.8 Å². The SMILES string of the molecule is CC(C)C1CCN(c2ccc([C@@H](C)N)cc2Cl)C1. The summed E-state index contributed by atoms with van der Waals surface area (Å²) < 4.78 is 0. The maximum atomic E-state index is 6.38. The minimum Gasteiger partial charge on any atom is -0.370 e. The second-order valence-electron chi connectivity index (χ2n) is 5.74. The minimum absolute atomic E-state index is 0.0403. The van der Waals surface area contributed by atoms with Crippen molar-refractivity contribution in [3.63, 3.8) is 0 Å². The number of rotatable bonds is 3. The molecule has 1 aliphatic rings. The average Bonchev–Trinajstić information content (AvgIpc) is 2.78. The van der Waals surface area contributed by atoms with Gasteiger partial charge in [-0.15, -0.1) is 0 Å². The van der Waals surface area contributed by atoms with Crippen molar-refractivity contribution in [2.45, 2.75) is 33.2 Å². The highest BCUT2D eigenvalue weighted by Crippen LogP contribution is 2.34. The van der Waals surface area contributed by atoms with E-state index in [1.54, 1.807) is 0 Å². The molecule has 1 aromatic carbocycles. The molecule has 0 aliphatic carbocycles. The lowest BCUT2D eigenvalue weighted by atomic mass is 9.95. The van der Waals surface area contributed by atoms with Gasteiger partial charge in [-0.1, -0.05) is 31.5 Å². The lowest BCUT2D eigenvalue weighted by Crippen LogP contribution is -2.21. The summed E-state index contributed by atoms with van der Waals surface area (Å²) in [6.07, 6.45) is 1.27. The van der Waals surface area contributed by atoms with Gasteiger partial charge < -0.3 is 10.6 Å². The molecule has 2 rings (SSSR count). The highest BCUT2D eigenvalue weighted by Gasteiger charge is 2.26. The van der Waals surface area contributed by atoms with Crippen LogP contribution in [-0.4, -0.2) is 13.1 Å². The van der Waals surface area contributed by atoms with Crippen LogP contribution >= 0.6 is 11.6 Å². The van der Waals surface area contributed by atoms with Crippen molar-refractivity contribution in [3.05, 3.63) is 28.8 Å². The van der Waals surface area contributed by atoms with E-state index in [9.17, 15) is 0 Å². The van der Waals surface area contributed by atoms with Gasteiger partial charge in [0.15, 0.2) is 0 Å². The van der Waals surface area contributed by atoms with Crippen molar-refractivity contribution in [2.75, 3.05) is 18.0 Å². The molecule has 1 fully saturated rings. The Bertz CT molecular complexity index is 415. The van der Waals surface area contributed by atoms with Crippen LogP contribution in [0.25, 0.3) is 0 Å². The molecule has 1 heterocycles. The molecule has 100 valence electrons. The Labute approximate surface area is 115 Å². The Morgan fingerprint density at radius 3 is 2.56 bits per heavy atom. The molecule has 2 nitrogen and oxygen atoms in total. The summed E-state index contributed by atoms with van der Waals surface area (Å²) in [5, 5.41) is 0.828. The molecule has 0 radical (unpaired) electrons. The normalized spacial score (nSPS) is 21.7. The monoisotopic (exact) mass is 266 g/mol. The summed E-state index contributed by atoms with van der Waals surface area (Å²) in [6.45, 7) is 8.81. The highest BCUT2D eigenvalue weighted by molar-refractivity contribution is 6.33. The summed E-state index contributed by atoms with van der Waals surface area (Å²) in [6, 6.07) is 6.25. The second-order valence-corrected chi connectivity index (χ2v) is 6.15. The van der Waals surface area contributed by atoms with E-state index in [-0.39, 0.29) is 6.04 Å². The summed E-state index contributed by atoms with van der Waals surface area (Å²) >= 11 is 6.38. The number of anilines is 1. The van der Waals surface area contributed by atoms with Gasteiger partial charge in [0.1, 0.15) is 0 Å². The molecule has 0 bridgehead atoms. The van der Waals surface area contributed by atoms with E-state index in [0.29, 0.717) is 0 Å². The third-order valence-corrected chi connectivity index (χ3v) is 4.31. The fourth-order valence-corrected chi connectivity index (χ4v) is 2.92. The topological polar surface area (TPSA) is 29.3 Å². The molecule has 2 atom stereocenters. The molecule has 1 aliphatic heterocycles. The van der Waals surface area contributed by atoms with Crippen LogP contribution in [0.15, 0.2) is 18.2 Å². The zero-order valence-corrected chi connectivity index (χ0v) is 12.2. The Balaban J connectivity index is 2.15. The number of benzene rings is 1. The van der Waals surface area contributed by atoms with Crippen molar-refractivity contribution in [1.29, 1.82) is 0 Å². The van der Waals surface area contributed by atoms with Gasteiger partial charge in [-0.05, 0) is 42.9 Å². The Morgan fingerprint density at radius 2 is 2.06 bits per heavy atom. The molecule has 0 spiro atoms. The lowest BCUT2D eigenvalue weighted by Gasteiger charge is -2.22. The molecular weight excluding hydrogens is 244 g/mol. The van der Waals surface area contributed by atoms with E-state index < -0.39 is 0 Å². The van der Waals surface area contributed by atoms with Crippen molar-refractivity contribution < 1.29 is 0 Å². The standard InChI is InChI=1S/C15H23ClN2/c1-10(2)13-6-7-18(9-13)15-5-4-12(11(3)17)8-14(15)16/h4-5,8,10-11,13H,6-7,9,17H2,1-3H3/t11-,13?/m1/s1. The molecule has 1 unspecified atom stereocenters. The number of halogens is 1. The van der Waals surface area contributed by atoms with E-state index in [1.807, 2.05) is 13.0 Å². The molecule has 1 saturated heterocycles. The number of hydrogen-bond acceptors (Lipinski definition) is 2. The summed E-state index contributed by atoms with van der Waals surface area (Å²) in [7, 11) is 0. The average molecular weight is 267 g/mol. The summed E-state index contributed by atoms with van der Waals surface area (Å²) in [5.74, 6) is 1.53. The van der Waals surface area contributed by atoms with E-state index in [2.05, 4.69) is 30.9 Å². The number of nitrogens with zero attached hydrogens (tertiary/aromatic N) is 1. The lowest BCUT2D eigenvalue weighted by molar-refractivity contribution is 0.423. The van der Waals surface area contributed by atoms with Crippen LogP contribution in [0.2, 0.25) is 5.02 Å². The largest absolute Gasteiger partial charge is 0.370 e. The maximum Gasteiger partial charge on any atom is 0.0642 e. The molecule has 0 aromatic heterocycles. The van der Waals surface area contributed by atoms with Crippen molar-refractivity contribution in [1.82, 2.24) is 0 Å². The first-order valence-corrected chi connectivity index (χ1v) is 7.16. The fraction of sp³-hybridized carbons (Fsp3) is 0.600. The van der Waals surface area contributed by atoms with Crippen LogP contribution in [0.3, 0.4) is 0 Å². The first-order chi connectivity index (χ1) is 8.49. The third kappa shape index (κ3) is 2.81. The minimum atomic E-state index is 0.0403. The van der Waals surface area contributed by atoms with Crippen LogP contribution in [0.4, 0.5) is 5.69 Å². The smallest absolute Gasteiger partial charge is 0.0642 e. The first-order valence-electron chi connectivity index (χ1n) is 6.79. The zero-order chi connectivity index (χ0) is 13.3. The molecule has 0 amide bonds. The Morgan fingerprint density at radius 1 is 1.33 bits per heavy atom. The summed E-state index contributed by atoms with van der Waals surface area (Å²) in [4.78, 5) is 2.40. The molecular formula is C15H23ClN2. The predicted octanol–water partition coefficient (Wildman–Crippen LogP) is 3.84. The van der Waals surface area contributed by atoms with Gasteiger partial charge in [0.2, 0.25) is 0 Å². The molecule has 0 saturated carbocycles. The molecule has 1 aromatic rings. The van der Waals surface area contributed by atoms with E-state index in [1.165, 1.54) is 6.42 Å². The van der Waals surface area contributed by atoms with Gasteiger partial charge in [-0.3, -0.25) is 0 Å². The van der Waals surface area contributed by atoms with Gasteiger partial charge in [-0.2, -0.15) is 0 Å². The second kappa shape index (κ2) is 5.50.